The summed E-state index contributed by atoms with van der Waals surface area (Å²) >= 11 is 3.40. The van der Waals surface area contributed by atoms with E-state index in [2.05, 4.69) is 56.5 Å². The molecule has 2 aromatic carbocycles. The van der Waals surface area contributed by atoms with Crippen molar-refractivity contribution >= 4 is 33.1 Å². The second kappa shape index (κ2) is 7.77. The molecule has 1 N–H and O–H groups in total. The van der Waals surface area contributed by atoms with Crippen molar-refractivity contribution in [3.8, 4) is 0 Å². The summed E-state index contributed by atoms with van der Waals surface area (Å²) in [7, 11) is 0. The van der Waals surface area contributed by atoms with Gasteiger partial charge in [-0.05, 0) is 48.7 Å². The highest BCUT2D eigenvalue weighted by molar-refractivity contribution is 9.10. The van der Waals surface area contributed by atoms with Crippen molar-refractivity contribution in [1.82, 2.24) is 4.90 Å². The molecule has 1 amide bonds. The Morgan fingerprint density at radius 1 is 1.12 bits per heavy atom. The Kier molecular flexibility index (Phi) is 5.48. The Labute approximate surface area is 151 Å². The molecule has 0 spiro atoms. The summed E-state index contributed by atoms with van der Waals surface area (Å²) in [5, 5.41) is 2.99. The average molecular weight is 385 g/mol. The van der Waals surface area contributed by atoms with E-state index < -0.39 is 0 Å². The molecule has 0 saturated heterocycles. The number of amides is 1. The van der Waals surface area contributed by atoms with Crippen LogP contribution in [0.1, 0.15) is 18.9 Å². The van der Waals surface area contributed by atoms with Crippen molar-refractivity contribution in [3.63, 3.8) is 0 Å². The van der Waals surface area contributed by atoms with Crippen LogP contribution in [-0.2, 0) is 4.79 Å². The maximum absolute atomic E-state index is 12.5. The average Bonchev–Trinajstić information content (AvgIpc) is 2.64. The summed E-state index contributed by atoms with van der Waals surface area (Å²) in [6.45, 7) is 3.67. The number of halogens is 1. The minimum Gasteiger partial charge on any atom is -0.325 e. The molecule has 0 aliphatic carbocycles. The topological polar surface area (TPSA) is 32.3 Å². The van der Waals surface area contributed by atoms with Crippen LogP contribution in [0.5, 0.6) is 0 Å². The van der Waals surface area contributed by atoms with Crippen molar-refractivity contribution in [2.24, 2.45) is 0 Å². The Balaban J connectivity index is 1.60. The van der Waals surface area contributed by atoms with Crippen LogP contribution in [0, 0.1) is 0 Å². The summed E-state index contributed by atoms with van der Waals surface area (Å²) in [6.07, 6.45) is 3.21. The fraction of sp³-hybridized carbons (Fsp3) is 0.250. The number of benzene rings is 2. The number of carbonyl (C=O) groups is 1. The molecule has 24 heavy (non-hydrogen) atoms. The summed E-state index contributed by atoms with van der Waals surface area (Å²) in [5.41, 5.74) is 3.48. The van der Waals surface area contributed by atoms with Crippen LogP contribution in [0.2, 0.25) is 0 Å². The van der Waals surface area contributed by atoms with Crippen LogP contribution in [0.15, 0.2) is 65.1 Å². The van der Waals surface area contributed by atoms with Crippen LogP contribution >= 0.6 is 15.9 Å². The van der Waals surface area contributed by atoms with Crippen LogP contribution in [0.25, 0.3) is 5.57 Å². The molecule has 3 nitrogen and oxygen atoms in total. The van der Waals surface area contributed by atoms with Crippen molar-refractivity contribution in [3.05, 3.63) is 70.7 Å². The first-order chi connectivity index (χ1) is 11.6. The second-order valence-corrected chi connectivity index (χ2v) is 6.93. The predicted molar refractivity (Wildman–Crippen MR) is 103 cm³/mol. The molecule has 1 atom stereocenters. The molecular weight excluding hydrogens is 364 g/mol. The van der Waals surface area contributed by atoms with Crippen LogP contribution in [0.4, 0.5) is 5.69 Å². The van der Waals surface area contributed by atoms with Gasteiger partial charge in [-0.3, -0.25) is 9.69 Å². The number of anilines is 1. The highest BCUT2D eigenvalue weighted by Crippen LogP contribution is 2.23. The van der Waals surface area contributed by atoms with Gasteiger partial charge in [0.05, 0.1) is 6.04 Å². The van der Waals surface area contributed by atoms with E-state index in [0.29, 0.717) is 0 Å². The Bertz CT molecular complexity index is 725. The molecule has 2 aromatic rings. The normalized spacial score (nSPS) is 16.3. The fourth-order valence-corrected chi connectivity index (χ4v) is 3.16. The molecule has 0 fully saturated rings. The number of nitrogens with one attached hydrogen (secondary N) is 1. The lowest BCUT2D eigenvalue weighted by molar-refractivity contribution is -0.120. The summed E-state index contributed by atoms with van der Waals surface area (Å²) < 4.78 is 1.00. The van der Waals surface area contributed by atoms with Gasteiger partial charge >= 0.3 is 0 Å². The van der Waals surface area contributed by atoms with Crippen molar-refractivity contribution in [2.75, 3.05) is 18.4 Å². The van der Waals surface area contributed by atoms with E-state index in [1.807, 2.05) is 37.3 Å². The van der Waals surface area contributed by atoms with E-state index in [1.54, 1.807) is 0 Å². The first kappa shape index (κ1) is 16.9. The third-order valence-electron chi connectivity index (χ3n) is 4.42. The molecule has 3 rings (SSSR count). The first-order valence-corrected chi connectivity index (χ1v) is 8.98. The predicted octanol–water partition coefficient (Wildman–Crippen LogP) is 4.57. The minimum atomic E-state index is -0.151. The summed E-state index contributed by atoms with van der Waals surface area (Å²) in [5.74, 6) is 0.0360. The number of hydrogen-bond donors (Lipinski definition) is 1. The Hall–Kier alpha value is -1.91. The van der Waals surface area contributed by atoms with Gasteiger partial charge in [0.1, 0.15) is 0 Å². The number of nitrogens with zero attached hydrogens (tertiary/aromatic N) is 1. The fourth-order valence-electron chi connectivity index (χ4n) is 2.90. The van der Waals surface area contributed by atoms with Gasteiger partial charge in [-0.1, -0.05) is 52.3 Å². The van der Waals surface area contributed by atoms with E-state index >= 15 is 0 Å². The zero-order chi connectivity index (χ0) is 16.9. The van der Waals surface area contributed by atoms with Gasteiger partial charge in [-0.25, -0.2) is 0 Å². The first-order valence-electron chi connectivity index (χ1n) is 8.18. The highest BCUT2D eigenvalue weighted by atomic mass is 79.9. The molecule has 1 aliphatic heterocycles. The van der Waals surface area contributed by atoms with Gasteiger partial charge < -0.3 is 5.32 Å². The van der Waals surface area contributed by atoms with Crippen molar-refractivity contribution in [2.45, 2.75) is 19.4 Å². The standard InChI is InChI=1S/C20H21BrN2O/c1-15(20(24)22-19-9-7-18(21)8-10-19)23-13-11-17(12-14-23)16-5-3-2-4-6-16/h2-11,15H,12-14H2,1H3,(H,22,24). The maximum atomic E-state index is 12.5. The van der Waals surface area contributed by atoms with E-state index in [9.17, 15) is 4.79 Å². The van der Waals surface area contributed by atoms with Crippen molar-refractivity contribution < 1.29 is 4.79 Å². The minimum absolute atomic E-state index is 0.0360. The van der Waals surface area contributed by atoms with E-state index in [1.165, 1.54) is 11.1 Å². The smallest absolute Gasteiger partial charge is 0.241 e. The molecule has 0 bridgehead atoms. The van der Waals surface area contributed by atoms with Crippen LogP contribution in [-0.4, -0.2) is 29.9 Å². The largest absolute Gasteiger partial charge is 0.325 e. The lowest BCUT2D eigenvalue weighted by atomic mass is 9.99. The van der Waals surface area contributed by atoms with Gasteiger partial charge in [0.25, 0.3) is 0 Å². The van der Waals surface area contributed by atoms with Gasteiger partial charge in [0.15, 0.2) is 0 Å². The lowest BCUT2D eigenvalue weighted by Crippen LogP contribution is -2.44. The van der Waals surface area contributed by atoms with Gasteiger partial charge in [0, 0.05) is 23.2 Å². The number of carbonyl (C=O) groups excluding carboxylic acids is 1. The molecule has 0 saturated carbocycles. The van der Waals surface area contributed by atoms with Crippen molar-refractivity contribution in [1.29, 1.82) is 0 Å². The number of rotatable bonds is 4. The monoisotopic (exact) mass is 384 g/mol. The number of hydrogen-bond acceptors (Lipinski definition) is 2. The molecule has 1 unspecified atom stereocenters. The Morgan fingerprint density at radius 3 is 2.46 bits per heavy atom. The van der Waals surface area contributed by atoms with E-state index in [0.717, 1.165) is 29.7 Å². The van der Waals surface area contributed by atoms with E-state index in [-0.39, 0.29) is 11.9 Å². The summed E-state index contributed by atoms with van der Waals surface area (Å²) in [4.78, 5) is 14.7. The second-order valence-electron chi connectivity index (χ2n) is 6.01. The summed E-state index contributed by atoms with van der Waals surface area (Å²) in [6, 6.07) is 18.0. The molecule has 0 radical (unpaired) electrons. The molecular formula is C20H21BrN2O. The molecule has 4 heteroatoms. The molecule has 1 aliphatic rings. The van der Waals surface area contributed by atoms with Crippen LogP contribution < -0.4 is 5.32 Å². The van der Waals surface area contributed by atoms with Gasteiger partial charge in [0.2, 0.25) is 5.91 Å². The third-order valence-corrected chi connectivity index (χ3v) is 4.95. The lowest BCUT2D eigenvalue weighted by Gasteiger charge is -2.31. The molecule has 0 aromatic heterocycles. The van der Waals surface area contributed by atoms with E-state index in [4.69, 9.17) is 0 Å². The zero-order valence-electron chi connectivity index (χ0n) is 13.7. The molecule has 124 valence electrons. The van der Waals surface area contributed by atoms with Gasteiger partial charge in [-0.15, -0.1) is 0 Å². The maximum Gasteiger partial charge on any atom is 0.241 e. The highest BCUT2D eigenvalue weighted by Gasteiger charge is 2.23. The SMILES string of the molecule is CC(C(=O)Nc1ccc(Br)cc1)N1CC=C(c2ccccc2)CC1. The third kappa shape index (κ3) is 4.13. The Morgan fingerprint density at radius 2 is 1.83 bits per heavy atom. The van der Waals surface area contributed by atoms with Gasteiger partial charge in [-0.2, -0.15) is 0 Å². The van der Waals surface area contributed by atoms with Crippen LogP contribution in [0.3, 0.4) is 0 Å². The quantitative estimate of drug-likeness (QED) is 0.837. The molecule has 1 heterocycles. The zero-order valence-corrected chi connectivity index (χ0v) is 15.3.